The maximum absolute atomic E-state index is 12.8. The van der Waals surface area contributed by atoms with Crippen LogP contribution in [0.3, 0.4) is 0 Å². The lowest BCUT2D eigenvalue weighted by molar-refractivity contribution is -0.152. The maximum atomic E-state index is 12.8. The van der Waals surface area contributed by atoms with Crippen LogP contribution in [-0.4, -0.2) is 80.4 Å². The summed E-state index contributed by atoms with van der Waals surface area (Å²) in [5, 5.41) is 9.13. The van der Waals surface area contributed by atoms with Crippen molar-refractivity contribution < 1.29 is 26.4 Å². The lowest BCUT2D eigenvalue weighted by Gasteiger charge is -2.35. The van der Waals surface area contributed by atoms with Crippen molar-refractivity contribution in [2.24, 2.45) is 0 Å². The number of nitrogens with zero attached hydrogens (tertiary/aromatic N) is 4. The van der Waals surface area contributed by atoms with Crippen molar-refractivity contribution in [1.82, 2.24) is 14.1 Å². The highest BCUT2D eigenvalue weighted by atomic mass is 32.2. The molecule has 2 rings (SSSR count). The fourth-order valence-electron chi connectivity index (χ4n) is 3.18. The molecule has 7 nitrogen and oxygen atoms in total. The summed E-state index contributed by atoms with van der Waals surface area (Å²) in [5.74, 6) is -0.461. The van der Waals surface area contributed by atoms with E-state index in [1.54, 1.807) is 13.0 Å². The van der Waals surface area contributed by atoms with Gasteiger partial charge in [-0.05, 0) is 25.1 Å². The molecular formula is C18H23F3N4O3S. The van der Waals surface area contributed by atoms with Gasteiger partial charge in [-0.15, -0.1) is 0 Å². The standard InChI is InChI=1S/C18H23F3N4O3S/c1-2-7-23(14-18(19,20)21)13-17(26)24-8-10-25(11-9-24)29(27,28)16-6-4-3-5-15(16)12-22/h3-6H,2,7-11,13-14H2,1H3. The number of rotatable bonds is 7. The molecule has 0 atom stereocenters. The first kappa shape index (κ1) is 23.1. The largest absolute Gasteiger partial charge is 0.401 e. The van der Waals surface area contributed by atoms with E-state index in [4.69, 9.17) is 5.26 Å². The minimum absolute atomic E-state index is 0.0148. The molecule has 160 valence electrons. The molecule has 0 aromatic heterocycles. The van der Waals surface area contributed by atoms with Crippen LogP contribution in [-0.2, 0) is 14.8 Å². The molecule has 0 bridgehead atoms. The Morgan fingerprint density at radius 2 is 1.83 bits per heavy atom. The van der Waals surface area contributed by atoms with E-state index in [1.807, 2.05) is 6.07 Å². The Hall–Kier alpha value is -2.16. The first-order valence-corrected chi connectivity index (χ1v) is 10.6. The van der Waals surface area contributed by atoms with Crippen molar-refractivity contribution >= 4 is 15.9 Å². The molecule has 1 saturated heterocycles. The average Bonchev–Trinajstić information content (AvgIpc) is 2.67. The number of hydrogen-bond acceptors (Lipinski definition) is 5. The number of benzene rings is 1. The molecule has 11 heteroatoms. The van der Waals surface area contributed by atoms with Gasteiger partial charge >= 0.3 is 6.18 Å². The monoisotopic (exact) mass is 432 g/mol. The average molecular weight is 432 g/mol. The number of nitriles is 1. The summed E-state index contributed by atoms with van der Waals surface area (Å²) >= 11 is 0. The molecule has 0 unspecified atom stereocenters. The van der Waals surface area contributed by atoms with Crippen LogP contribution in [0.4, 0.5) is 13.2 Å². The number of hydrogen-bond donors (Lipinski definition) is 0. The SMILES string of the molecule is CCCN(CC(=O)N1CCN(S(=O)(=O)c2ccccc2C#N)CC1)CC(F)(F)F. The highest BCUT2D eigenvalue weighted by molar-refractivity contribution is 7.89. The molecule has 1 amide bonds. The summed E-state index contributed by atoms with van der Waals surface area (Å²) in [5.41, 5.74) is 0.0355. The van der Waals surface area contributed by atoms with E-state index < -0.39 is 28.7 Å². The zero-order valence-electron chi connectivity index (χ0n) is 16.0. The summed E-state index contributed by atoms with van der Waals surface area (Å²) < 4.78 is 64.8. The predicted octanol–water partition coefficient (Wildman–Crippen LogP) is 1.67. The van der Waals surface area contributed by atoms with Gasteiger partial charge in [0.25, 0.3) is 0 Å². The molecule has 0 aliphatic carbocycles. The fourth-order valence-corrected chi connectivity index (χ4v) is 4.74. The van der Waals surface area contributed by atoms with Gasteiger partial charge in [-0.2, -0.15) is 22.7 Å². The second-order valence-corrected chi connectivity index (χ2v) is 8.63. The summed E-state index contributed by atoms with van der Waals surface area (Å²) in [4.78, 5) is 14.7. The van der Waals surface area contributed by atoms with Crippen LogP contribution in [0.2, 0.25) is 0 Å². The minimum atomic E-state index is -4.39. The van der Waals surface area contributed by atoms with Gasteiger partial charge in [-0.25, -0.2) is 8.42 Å². The van der Waals surface area contributed by atoms with Crippen molar-refractivity contribution in [3.63, 3.8) is 0 Å². The molecule has 0 radical (unpaired) electrons. The lowest BCUT2D eigenvalue weighted by atomic mass is 10.2. The maximum Gasteiger partial charge on any atom is 0.401 e. The van der Waals surface area contributed by atoms with Gasteiger partial charge in [0.05, 0.1) is 23.5 Å². The van der Waals surface area contributed by atoms with Crippen molar-refractivity contribution in [2.45, 2.75) is 24.4 Å². The molecular weight excluding hydrogens is 409 g/mol. The van der Waals surface area contributed by atoms with Gasteiger partial charge in [0.1, 0.15) is 6.07 Å². The third-order valence-electron chi connectivity index (χ3n) is 4.52. The van der Waals surface area contributed by atoms with E-state index in [9.17, 15) is 26.4 Å². The third kappa shape index (κ3) is 6.16. The van der Waals surface area contributed by atoms with Gasteiger partial charge in [-0.3, -0.25) is 9.69 Å². The third-order valence-corrected chi connectivity index (χ3v) is 6.48. The van der Waals surface area contributed by atoms with E-state index >= 15 is 0 Å². The number of carbonyl (C=O) groups excluding carboxylic acids is 1. The number of amides is 1. The Labute approximate surface area is 168 Å². The highest BCUT2D eigenvalue weighted by Crippen LogP contribution is 2.21. The molecule has 1 fully saturated rings. The summed E-state index contributed by atoms with van der Waals surface area (Å²) in [6.45, 7) is 0.545. The van der Waals surface area contributed by atoms with E-state index in [0.717, 1.165) is 4.90 Å². The zero-order valence-corrected chi connectivity index (χ0v) is 16.8. The molecule has 0 spiro atoms. The van der Waals surface area contributed by atoms with Crippen LogP contribution >= 0.6 is 0 Å². The molecule has 1 aliphatic rings. The molecule has 0 saturated carbocycles. The predicted molar refractivity (Wildman–Crippen MR) is 99.3 cm³/mol. The normalized spacial score (nSPS) is 16.1. The van der Waals surface area contributed by atoms with E-state index in [0.29, 0.717) is 6.42 Å². The van der Waals surface area contributed by atoms with Gasteiger partial charge in [0.2, 0.25) is 15.9 Å². The Morgan fingerprint density at radius 1 is 1.21 bits per heavy atom. The smallest absolute Gasteiger partial charge is 0.339 e. The Bertz CT molecular complexity index is 860. The number of alkyl halides is 3. The summed E-state index contributed by atoms with van der Waals surface area (Å²) in [7, 11) is -3.90. The summed E-state index contributed by atoms with van der Waals surface area (Å²) in [6.07, 6.45) is -3.91. The minimum Gasteiger partial charge on any atom is -0.339 e. The number of piperazine rings is 1. The molecule has 1 aliphatic heterocycles. The first-order chi connectivity index (χ1) is 13.6. The Kier molecular flexibility index (Phi) is 7.62. The lowest BCUT2D eigenvalue weighted by Crippen LogP contribution is -2.53. The van der Waals surface area contributed by atoms with Crippen LogP contribution in [0, 0.1) is 11.3 Å². The number of sulfonamides is 1. The van der Waals surface area contributed by atoms with Crippen LogP contribution < -0.4 is 0 Å². The van der Waals surface area contributed by atoms with Gasteiger partial charge < -0.3 is 4.90 Å². The van der Waals surface area contributed by atoms with Crippen molar-refractivity contribution in [3.05, 3.63) is 29.8 Å². The van der Waals surface area contributed by atoms with Crippen LogP contribution in [0.25, 0.3) is 0 Å². The molecule has 1 aromatic rings. The molecule has 1 aromatic carbocycles. The number of halogens is 3. The first-order valence-electron chi connectivity index (χ1n) is 9.14. The molecule has 0 N–H and O–H groups in total. The van der Waals surface area contributed by atoms with Crippen molar-refractivity contribution in [3.8, 4) is 6.07 Å². The molecule has 1 heterocycles. The van der Waals surface area contributed by atoms with Crippen molar-refractivity contribution in [1.29, 1.82) is 5.26 Å². The van der Waals surface area contributed by atoms with E-state index in [1.165, 1.54) is 27.4 Å². The second-order valence-electron chi connectivity index (χ2n) is 6.72. The van der Waals surface area contributed by atoms with E-state index in [-0.39, 0.29) is 49.7 Å². The fraction of sp³-hybridized carbons (Fsp3) is 0.556. The Morgan fingerprint density at radius 3 is 2.38 bits per heavy atom. The topological polar surface area (TPSA) is 84.7 Å². The quantitative estimate of drug-likeness (QED) is 0.654. The van der Waals surface area contributed by atoms with Crippen LogP contribution in [0.5, 0.6) is 0 Å². The Balaban J connectivity index is 2.01. The highest BCUT2D eigenvalue weighted by Gasteiger charge is 2.34. The van der Waals surface area contributed by atoms with Gasteiger partial charge in [0, 0.05) is 26.2 Å². The second kappa shape index (κ2) is 9.56. The van der Waals surface area contributed by atoms with Crippen molar-refractivity contribution in [2.75, 3.05) is 45.8 Å². The summed E-state index contributed by atoms with van der Waals surface area (Å²) in [6, 6.07) is 7.71. The zero-order chi connectivity index (χ0) is 21.7. The number of carbonyl (C=O) groups is 1. The van der Waals surface area contributed by atoms with E-state index in [2.05, 4.69) is 0 Å². The van der Waals surface area contributed by atoms with Gasteiger partial charge in [0.15, 0.2) is 0 Å². The van der Waals surface area contributed by atoms with Crippen LogP contribution in [0.1, 0.15) is 18.9 Å². The van der Waals surface area contributed by atoms with Crippen LogP contribution in [0.15, 0.2) is 29.2 Å². The van der Waals surface area contributed by atoms with Gasteiger partial charge in [-0.1, -0.05) is 19.1 Å². The molecule has 29 heavy (non-hydrogen) atoms.